The molecule has 0 aromatic heterocycles. The molecule has 1 saturated heterocycles. The number of allylic oxidation sites excluding steroid dienone is 1. The van der Waals surface area contributed by atoms with Gasteiger partial charge in [-0.2, -0.15) is 0 Å². The Hall–Kier alpha value is -3.87. The minimum Gasteiger partial charge on any atom is -0.362 e. The van der Waals surface area contributed by atoms with Crippen LogP contribution in [0, 0.1) is 6.92 Å². The molecule has 2 heterocycles. The van der Waals surface area contributed by atoms with Crippen LogP contribution in [0.15, 0.2) is 54.2 Å². The summed E-state index contributed by atoms with van der Waals surface area (Å²) in [7, 11) is 0. The third kappa shape index (κ3) is 4.85. The van der Waals surface area contributed by atoms with Crippen molar-refractivity contribution in [1.82, 2.24) is 10.2 Å². The van der Waals surface area contributed by atoms with E-state index in [9.17, 15) is 14.4 Å². The average Bonchev–Trinajstić information content (AvgIpc) is 3.05. The van der Waals surface area contributed by atoms with Gasteiger partial charge in [-0.05, 0) is 75.1 Å². The Balaban J connectivity index is 1.53. The number of rotatable bonds is 6. The van der Waals surface area contributed by atoms with E-state index < -0.39 is 17.8 Å². The fourth-order valence-electron chi connectivity index (χ4n) is 4.75. The molecule has 0 bridgehead atoms. The normalized spacial score (nSPS) is 17.9. The van der Waals surface area contributed by atoms with E-state index in [1.807, 2.05) is 37.3 Å². The van der Waals surface area contributed by atoms with Gasteiger partial charge in [0.2, 0.25) is 5.91 Å². The Morgan fingerprint density at radius 1 is 1.11 bits per heavy atom. The number of hydrogen-bond acceptors (Lipinski definition) is 4. The van der Waals surface area contributed by atoms with Gasteiger partial charge in [0.05, 0.1) is 5.54 Å². The number of hydrogen-bond donors (Lipinski definition) is 2. The quantitative estimate of drug-likeness (QED) is 0.461. The maximum absolute atomic E-state index is 12.9. The number of aryl methyl sites for hydroxylation is 1. The SMILES string of the molecule is CCCN1c2ccc(/C=C3/NC(=O)N(CC(=O)Nc4ccccc4C)C3=O)cc2C(C)=CC1(C)C. The number of benzene rings is 2. The molecule has 0 atom stereocenters. The molecule has 0 radical (unpaired) electrons. The average molecular weight is 473 g/mol. The molecule has 0 saturated carbocycles. The molecule has 0 aliphatic carbocycles. The van der Waals surface area contributed by atoms with Crippen LogP contribution in [-0.2, 0) is 9.59 Å². The van der Waals surface area contributed by atoms with Gasteiger partial charge in [0.1, 0.15) is 12.2 Å². The Morgan fingerprint density at radius 3 is 2.57 bits per heavy atom. The molecule has 2 aromatic rings. The predicted octanol–water partition coefficient (Wildman–Crippen LogP) is 4.94. The molecule has 4 rings (SSSR count). The Bertz CT molecular complexity index is 1260. The van der Waals surface area contributed by atoms with Crippen molar-refractivity contribution in [2.45, 2.75) is 46.6 Å². The van der Waals surface area contributed by atoms with E-state index >= 15 is 0 Å². The lowest BCUT2D eigenvalue weighted by Crippen LogP contribution is -2.45. The summed E-state index contributed by atoms with van der Waals surface area (Å²) in [5, 5.41) is 5.37. The van der Waals surface area contributed by atoms with Gasteiger partial charge in [0.25, 0.3) is 5.91 Å². The van der Waals surface area contributed by atoms with E-state index in [2.05, 4.69) is 55.4 Å². The zero-order chi connectivity index (χ0) is 25.3. The van der Waals surface area contributed by atoms with Crippen LogP contribution in [0.1, 0.15) is 50.8 Å². The summed E-state index contributed by atoms with van der Waals surface area (Å²) in [5.41, 5.74) is 5.88. The van der Waals surface area contributed by atoms with Crippen LogP contribution in [0.3, 0.4) is 0 Å². The minimum atomic E-state index is -0.605. The fraction of sp³-hybridized carbons (Fsp3) is 0.321. The van der Waals surface area contributed by atoms with Crippen molar-refractivity contribution < 1.29 is 14.4 Å². The standard InChI is InChI=1S/C28H32N4O3/c1-6-13-32-24-12-11-20(14-21(24)19(3)16-28(32,4)5)15-23-26(34)31(27(35)30-23)17-25(33)29-22-10-8-7-9-18(22)2/h7-12,14-16H,6,13,17H2,1-5H3,(H,29,33)(H,30,35)/b23-15+. The summed E-state index contributed by atoms with van der Waals surface area (Å²) in [6.45, 7) is 11.1. The number of nitrogens with one attached hydrogen (secondary N) is 2. The molecule has 7 heteroatoms. The predicted molar refractivity (Wildman–Crippen MR) is 140 cm³/mol. The number of imide groups is 1. The molecule has 2 aliphatic heterocycles. The summed E-state index contributed by atoms with van der Waals surface area (Å²) in [4.78, 5) is 41.2. The first-order valence-electron chi connectivity index (χ1n) is 11.9. The maximum atomic E-state index is 12.9. The van der Waals surface area contributed by atoms with Crippen molar-refractivity contribution in [1.29, 1.82) is 0 Å². The van der Waals surface area contributed by atoms with Crippen molar-refractivity contribution in [3.63, 3.8) is 0 Å². The number of anilines is 2. The second kappa shape index (κ2) is 9.41. The third-order valence-corrected chi connectivity index (χ3v) is 6.44. The smallest absolute Gasteiger partial charge is 0.329 e. The maximum Gasteiger partial charge on any atom is 0.329 e. The molecule has 1 fully saturated rings. The molecular weight excluding hydrogens is 440 g/mol. The van der Waals surface area contributed by atoms with Crippen molar-refractivity contribution in [2.75, 3.05) is 23.3 Å². The number of amides is 4. The summed E-state index contributed by atoms with van der Waals surface area (Å²) >= 11 is 0. The molecule has 0 spiro atoms. The largest absolute Gasteiger partial charge is 0.362 e. The number of nitrogens with zero attached hydrogens (tertiary/aromatic N) is 2. The third-order valence-electron chi connectivity index (χ3n) is 6.44. The Labute approximate surface area is 206 Å². The van der Waals surface area contributed by atoms with E-state index in [4.69, 9.17) is 0 Å². The molecule has 182 valence electrons. The Morgan fingerprint density at radius 2 is 1.86 bits per heavy atom. The van der Waals surface area contributed by atoms with Crippen molar-refractivity contribution in [3.8, 4) is 0 Å². The van der Waals surface area contributed by atoms with Crippen molar-refractivity contribution in [2.24, 2.45) is 0 Å². The number of carbonyl (C=O) groups excluding carboxylic acids is 3. The fourth-order valence-corrected chi connectivity index (χ4v) is 4.75. The van der Waals surface area contributed by atoms with Gasteiger partial charge in [0, 0.05) is 23.5 Å². The van der Waals surface area contributed by atoms with E-state index in [1.54, 1.807) is 12.1 Å². The highest BCUT2D eigenvalue weighted by Gasteiger charge is 2.35. The molecule has 35 heavy (non-hydrogen) atoms. The summed E-state index contributed by atoms with van der Waals surface area (Å²) in [6, 6.07) is 12.8. The van der Waals surface area contributed by atoms with Crippen LogP contribution in [0.5, 0.6) is 0 Å². The van der Waals surface area contributed by atoms with E-state index in [0.717, 1.165) is 40.2 Å². The molecule has 2 aliphatic rings. The number of fused-ring (bicyclic) bond motifs is 1. The topological polar surface area (TPSA) is 81.8 Å². The van der Waals surface area contributed by atoms with Gasteiger partial charge in [-0.15, -0.1) is 0 Å². The number of carbonyl (C=O) groups is 3. The highest BCUT2D eigenvalue weighted by molar-refractivity contribution is 6.16. The Kier molecular flexibility index (Phi) is 6.52. The minimum absolute atomic E-state index is 0.0815. The van der Waals surface area contributed by atoms with Gasteiger partial charge in [-0.3, -0.25) is 9.59 Å². The van der Waals surface area contributed by atoms with Crippen LogP contribution in [-0.4, -0.2) is 41.4 Å². The van der Waals surface area contributed by atoms with Crippen molar-refractivity contribution in [3.05, 3.63) is 70.9 Å². The number of para-hydroxylation sites is 1. The lowest BCUT2D eigenvalue weighted by atomic mass is 9.87. The van der Waals surface area contributed by atoms with Gasteiger partial charge >= 0.3 is 6.03 Å². The molecule has 4 amide bonds. The van der Waals surface area contributed by atoms with Crippen molar-refractivity contribution >= 4 is 40.9 Å². The van der Waals surface area contributed by atoms with Gasteiger partial charge < -0.3 is 15.5 Å². The molecule has 2 aromatic carbocycles. The summed E-state index contributed by atoms with van der Waals surface area (Å²) in [5.74, 6) is -0.953. The second-order valence-electron chi connectivity index (χ2n) is 9.65. The van der Waals surface area contributed by atoms with Crippen LogP contribution in [0.25, 0.3) is 11.6 Å². The zero-order valence-corrected chi connectivity index (χ0v) is 20.9. The molecule has 2 N–H and O–H groups in total. The van der Waals surface area contributed by atoms with E-state index in [0.29, 0.717) is 5.69 Å². The second-order valence-corrected chi connectivity index (χ2v) is 9.65. The van der Waals surface area contributed by atoms with E-state index in [-0.39, 0.29) is 17.8 Å². The van der Waals surface area contributed by atoms with Crippen LogP contribution in [0.2, 0.25) is 0 Å². The first kappa shape index (κ1) is 24.3. The summed E-state index contributed by atoms with van der Waals surface area (Å²) < 4.78 is 0. The van der Waals surface area contributed by atoms with Gasteiger partial charge in [-0.1, -0.05) is 37.3 Å². The highest BCUT2D eigenvalue weighted by atomic mass is 16.2. The van der Waals surface area contributed by atoms with Gasteiger partial charge in [-0.25, -0.2) is 9.69 Å². The lowest BCUT2D eigenvalue weighted by molar-refractivity contribution is -0.127. The molecule has 7 nitrogen and oxygen atoms in total. The molecule has 0 unspecified atom stereocenters. The first-order valence-corrected chi connectivity index (χ1v) is 11.9. The first-order chi connectivity index (χ1) is 16.6. The lowest BCUT2D eigenvalue weighted by Gasteiger charge is -2.43. The van der Waals surface area contributed by atoms with Crippen LogP contribution in [0.4, 0.5) is 16.2 Å². The zero-order valence-electron chi connectivity index (χ0n) is 20.9. The number of urea groups is 1. The van der Waals surface area contributed by atoms with Gasteiger partial charge in [0.15, 0.2) is 0 Å². The molecular formula is C28H32N4O3. The monoisotopic (exact) mass is 472 g/mol. The highest BCUT2D eigenvalue weighted by Crippen LogP contribution is 2.39. The summed E-state index contributed by atoms with van der Waals surface area (Å²) in [6.07, 6.45) is 4.96. The van der Waals surface area contributed by atoms with E-state index in [1.165, 1.54) is 5.57 Å². The van der Waals surface area contributed by atoms with Crippen LogP contribution >= 0.6 is 0 Å². The van der Waals surface area contributed by atoms with Crippen LogP contribution < -0.4 is 15.5 Å².